The van der Waals surface area contributed by atoms with Crippen LogP contribution in [0.5, 0.6) is 0 Å². The Morgan fingerprint density at radius 1 is 1.00 bits per heavy atom. The van der Waals surface area contributed by atoms with Gasteiger partial charge < -0.3 is 18.7 Å². The van der Waals surface area contributed by atoms with Crippen LogP contribution in [0.2, 0.25) is 0 Å². The molecule has 0 aromatic heterocycles. The highest BCUT2D eigenvalue weighted by Gasteiger charge is 2.48. The number of anilines is 1. The number of nitrogens with zero attached hydrogens (tertiary/aromatic N) is 1. The summed E-state index contributed by atoms with van der Waals surface area (Å²) in [6.07, 6.45) is 3.95. The molecule has 1 aliphatic carbocycles. The van der Waals surface area contributed by atoms with Crippen LogP contribution in [0, 0.1) is 11.3 Å². The largest absolute Gasteiger partial charge is 0.459 e. The number of benzene rings is 2. The molecule has 2 aromatic rings. The Morgan fingerprint density at radius 3 is 2.33 bits per heavy atom. The monoisotopic (exact) mass is 597 g/mol. The number of amides is 1. The summed E-state index contributed by atoms with van der Waals surface area (Å²) in [5, 5.41) is 0. The maximum absolute atomic E-state index is 14.1. The maximum Gasteiger partial charge on any atom is 0.331 e. The second-order valence-corrected chi connectivity index (χ2v) is 14.5. The maximum atomic E-state index is 14.1. The van der Waals surface area contributed by atoms with Gasteiger partial charge in [0.1, 0.15) is 17.9 Å². The molecule has 1 amide bonds. The summed E-state index contributed by atoms with van der Waals surface area (Å²) in [5.74, 6) is -1.45. The number of rotatable bonds is 12. The van der Waals surface area contributed by atoms with E-state index in [2.05, 4.69) is 0 Å². The summed E-state index contributed by atoms with van der Waals surface area (Å²) in [4.78, 5) is 42.4. The second-order valence-electron chi connectivity index (χ2n) is 12.4. The molecule has 0 saturated heterocycles. The van der Waals surface area contributed by atoms with E-state index in [0.717, 1.165) is 24.0 Å². The van der Waals surface area contributed by atoms with Crippen molar-refractivity contribution in [2.75, 3.05) is 24.2 Å². The van der Waals surface area contributed by atoms with Crippen molar-refractivity contribution in [1.29, 1.82) is 0 Å². The first-order valence-electron chi connectivity index (χ1n) is 15.0. The van der Waals surface area contributed by atoms with E-state index in [-0.39, 0.29) is 44.0 Å². The number of hydrogen-bond donors (Lipinski definition) is 0. The normalized spacial score (nSPS) is 20.0. The first-order chi connectivity index (χ1) is 19.9. The van der Waals surface area contributed by atoms with Gasteiger partial charge in [0.2, 0.25) is 5.91 Å². The molecule has 2 atom stereocenters. The Balaban J connectivity index is 1.54. The van der Waals surface area contributed by atoms with Crippen molar-refractivity contribution < 1.29 is 32.7 Å². The van der Waals surface area contributed by atoms with Crippen molar-refractivity contribution in [2.45, 2.75) is 84.8 Å². The zero-order valence-electron chi connectivity index (χ0n) is 25.3. The lowest BCUT2D eigenvalue weighted by atomic mass is 9.79. The first-order valence-corrected chi connectivity index (χ1v) is 16.7. The predicted octanol–water partition coefficient (Wildman–Crippen LogP) is 6.89. The topological polar surface area (TPSA) is 99.2 Å². The van der Waals surface area contributed by atoms with Gasteiger partial charge in [0.05, 0.1) is 19.4 Å². The van der Waals surface area contributed by atoms with Crippen molar-refractivity contribution in [2.24, 2.45) is 11.3 Å². The molecule has 1 aliphatic heterocycles. The number of esters is 1. The molecule has 0 spiro atoms. The smallest absolute Gasteiger partial charge is 0.331 e. The average Bonchev–Trinajstić information content (AvgIpc) is 3.37. The van der Waals surface area contributed by atoms with Crippen LogP contribution < -0.4 is 4.90 Å². The number of fused-ring (bicyclic) bond motifs is 1. The molecule has 1 saturated carbocycles. The molecule has 1 unspecified atom stereocenters. The van der Waals surface area contributed by atoms with Crippen LogP contribution in [-0.2, 0) is 45.8 Å². The van der Waals surface area contributed by atoms with Crippen molar-refractivity contribution >= 4 is 30.9 Å². The summed E-state index contributed by atoms with van der Waals surface area (Å²) in [7, 11) is -3.61. The van der Waals surface area contributed by atoms with Crippen LogP contribution in [0.1, 0.15) is 77.3 Å². The Labute approximate surface area is 249 Å². The van der Waals surface area contributed by atoms with Gasteiger partial charge in [0.25, 0.3) is 0 Å². The van der Waals surface area contributed by atoms with Gasteiger partial charge in [-0.3, -0.25) is 18.9 Å². The van der Waals surface area contributed by atoms with E-state index in [9.17, 15) is 18.9 Å². The van der Waals surface area contributed by atoms with E-state index < -0.39 is 30.5 Å². The number of aryl methyl sites for hydroxylation is 1. The minimum atomic E-state index is -3.61. The van der Waals surface area contributed by atoms with Crippen molar-refractivity contribution in [1.82, 2.24) is 0 Å². The fourth-order valence-corrected chi connectivity index (χ4v) is 8.32. The summed E-state index contributed by atoms with van der Waals surface area (Å²) in [6, 6.07) is 17.0. The third-order valence-corrected chi connectivity index (χ3v) is 10.2. The summed E-state index contributed by atoms with van der Waals surface area (Å²) >= 11 is 0. The summed E-state index contributed by atoms with van der Waals surface area (Å²) < 4.78 is 31.1. The highest BCUT2D eigenvalue weighted by atomic mass is 31.2. The van der Waals surface area contributed by atoms with Crippen molar-refractivity contribution in [3.05, 3.63) is 65.7 Å². The molecule has 4 rings (SSSR count). The standard InChI is InChI=1S/C33H44NO7P/c1-5-39-42(38,40-23-25-13-7-6-8-14-25)24-33(19-11-12-20-33)29(35)21-27-18-17-26-15-9-10-16-28(26)34(31(27)37)22-30(36)41-32(2,3)4/h6-10,13-16,27H,5,11-12,17-24H2,1-4H3/t27-,42?/m1/s1. The zero-order chi connectivity index (χ0) is 30.4. The fourth-order valence-electron chi connectivity index (χ4n) is 6.09. The van der Waals surface area contributed by atoms with Crippen molar-refractivity contribution in [3.63, 3.8) is 0 Å². The first kappa shape index (κ1) is 32.1. The van der Waals surface area contributed by atoms with Crippen LogP contribution in [0.25, 0.3) is 0 Å². The van der Waals surface area contributed by atoms with Crippen LogP contribution in [0.4, 0.5) is 5.69 Å². The Kier molecular flexibility index (Phi) is 10.4. The number of ether oxygens (including phenoxy) is 1. The second kappa shape index (κ2) is 13.7. The molecule has 8 nitrogen and oxygen atoms in total. The van der Waals surface area contributed by atoms with Crippen LogP contribution in [0.15, 0.2) is 54.6 Å². The van der Waals surface area contributed by atoms with Gasteiger partial charge in [-0.1, -0.05) is 61.4 Å². The SMILES string of the molecule is CCOP(=O)(CC1(C(=O)C[C@H]2CCc3ccccc3N(CC(=O)OC(C)(C)C)C2=O)CCCC1)OCc1ccccc1. The van der Waals surface area contributed by atoms with Gasteiger partial charge in [0.15, 0.2) is 0 Å². The summed E-state index contributed by atoms with van der Waals surface area (Å²) in [5.41, 5.74) is 0.936. The van der Waals surface area contributed by atoms with Gasteiger partial charge in [-0.05, 0) is 70.6 Å². The third kappa shape index (κ3) is 8.18. The van der Waals surface area contributed by atoms with E-state index in [1.54, 1.807) is 27.7 Å². The molecule has 2 aromatic carbocycles. The van der Waals surface area contributed by atoms with Gasteiger partial charge >= 0.3 is 13.6 Å². The van der Waals surface area contributed by atoms with Gasteiger partial charge in [-0.2, -0.15) is 0 Å². The molecule has 0 bridgehead atoms. The molecular formula is C33H44NO7P. The minimum absolute atomic E-state index is 0.00225. The molecule has 42 heavy (non-hydrogen) atoms. The summed E-state index contributed by atoms with van der Waals surface area (Å²) in [6.45, 7) is 7.23. The number of carbonyl (C=O) groups is 3. The lowest BCUT2D eigenvalue weighted by molar-refractivity contribution is -0.153. The van der Waals surface area contributed by atoms with Crippen LogP contribution >= 0.6 is 7.60 Å². The van der Waals surface area contributed by atoms with E-state index in [4.69, 9.17) is 13.8 Å². The number of carbonyl (C=O) groups excluding carboxylic acids is 3. The van der Waals surface area contributed by atoms with E-state index in [1.165, 1.54) is 4.90 Å². The molecule has 1 fully saturated rings. The average molecular weight is 598 g/mol. The van der Waals surface area contributed by atoms with Gasteiger partial charge in [-0.15, -0.1) is 0 Å². The number of para-hydroxylation sites is 1. The predicted molar refractivity (Wildman–Crippen MR) is 162 cm³/mol. The van der Waals surface area contributed by atoms with E-state index >= 15 is 0 Å². The Morgan fingerprint density at radius 2 is 1.67 bits per heavy atom. The van der Waals surface area contributed by atoms with E-state index in [0.29, 0.717) is 31.4 Å². The fraction of sp³-hybridized carbons (Fsp3) is 0.545. The number of ketones is 1. The zero-order valence-corrected chi connectivity index (χ0v) is 26.2. The van der Waals surface area contributed by atoms with Gasteiger partial charge in [0, 0.05) is 23.4 Å². The number of hydrogen-bond acceptors (Lipinski definition) is 7. The molecule has 228 valence electrons. The molecule has 2 aliphatic rings. The highest BCUT2D eigenvalue weighted by molar-refractivity contribution is 7.53. The highest BCUT2D eigenvalue weighted by Crippen LogP contribution is 2.58. The lowest BCUT2D eigenvalue weighted by Gasteiger charge is -2.33. The minimum Gasteiger partial charge on any atom is -0.459 e. The Hall–Kier alpha value is -2.80. The molecule has 9 heteroatoms. The molecule has 0 radical (unpaired) electrons. The molecule has 1 heterocycles. The molecular weight excluding hydrogens is 553 g/mol. The van der Waals surface area contributed by atoms with Crippen molar-refractivity contribution in [3.8, 4) is 0 Å². The van der Waals surface area contributed by atoms with Gasteiger partial charge in [-0.25, -0.2) is 0 Å². The quantitative estimate of drug-likeness (QED) is 0.194. The van der Waals surface area contributed by atoms with E-state index in [1.807, 2.05) is 54.6 Å². The number of Topliss-reactive ketones (excluding diaryl/α,β-unsaturated/α-hetero) is 1. The molecule has 0 N–H and O–H groups in total. The lowest BCUT2D eigenvalue weighted by Crippen LogP contribution is -2.43. The Bertz CT molecular complexity index is 1300. The van der Waals surface area contributed by atoms with Crippen LogP contribution in [0.3, 0.4) is 0 Å². The van der Waals surface area contributed by atoms with Crippen LogP contribution in [-0.4, -0.2) is 42.6 Å². The third-order valence-electron chi connectivity index (χ3n) is 8.04.